The van der Waals surface area contributed by atoms with Gasteiger partial charge < -0.3 is 0 Å². The second kappa shape index (κ2) is 5.18. The fourth-order valence-electron chi connectivity index (χ4n) is 3.08. The van der Waals surface area contributed by atoms with Gasteiger partial charge in [-0.3, -0.25) is 9.89 Å². The zero-order valence-corrected chi connectivity index (χ0v) is 11.5. The first kappa shape index (κ1) is 12.6. The minimum Gasteiger partial charge on any atom is -0.294 e. The van der Waals surface area contributed by atoms with Gasteiger partial charge in [-0.25, -0.2) is 0 Å². The highest BCUT2D eigenvalue weighted by molar-refractivity contribution is 6.09. The van der Waals surface area contributed by atoms with Crippen LogP contribution in [0.1, 0.15) is 34.1 Å². The molecule has 1 fully saturated rings. The molecule has 1 heterocycles. The van der Waals surface area contributed by atoms with Gasteiger partial charge in [-0.1, -0.05) is 12.2 Å². The Balaban J connectivity index is 2.18. The maximum atomic E-state index is 4.63. The first-order valence-corrected chi connectivity index (χ1v) is 6.82. The summed E-state index contributed by atoms with van der Waals surface area (Å²) in [7, 11) is 0. The van der Waals surface area contributed by atoms with Crippen LogP contribution in [0.2, 0.25) is 0 Å². The minimum absolute atomic E-state index is 0.655. The monoisotopic (exact) mass is 232 g/mol. The van der Waals surface area contributed by atoms with Gasteiger partial charge in [0.05, 0.1) is 5.71 Å². The molecule has 0 aromatic carbocycles. The Hall–Kier alpha value is -0.890. The fourth-order valence-corrected chi connectivity index (χ4v) is 3.08. The minimum atomic E-state index is 0.655. The van der Waals surface area contributed by atoms with Gasteiger partial charge in [-0.15, -0.1) is 0 Å². The Bertz CT molecular complexity index is 363. The number of nitrogens with zero attached hydrogens (tertiary/aromatic N) is 2. The van der Waals surface area contributed by atoms with Crippen LogP contribution in [-0.2, 0) is 0 Å². The van der Waals surface area contributed by atoms with Crippen molar-refractivity contribution in [2.45, 2.75) is 46.2 Å². The Labute approximate surface area is 105 Å². The summed E-state index contributed by atoms with van der Waals surface area (Å²) >= 11 is 0. The second-order valence-corrected chi connectivity index (χ2v) is 5.27. The van der Waals surface area contributed by atoms with Crippen molar-refractivity contribution in [3.8, 4) is 0 Å². The van der Waals surface area contributed by atoms with Crippen LogP contribution in [0.4, 0.5) is 0 Å². The summed E-state index contributed by atoms with van der Waals surface area (Å²) < 4.78 is 0. The summed E-state index contributed by atoms with van der Waals surface area (Å²) in [5.74, 6) is 0.712. The summed E-state index contributed by atoms with van der Waals surface area (Å²) in [5.41, 5.74) is 2.71. The predicted molar refractivity (Wildman–Crippen MR) is 74.6 cm³/mol. The van der Waals surface area contributed by atoms with Gasteiger partial charge in [0.1, 0.15) is 0 Å². The molecule has 17 heavy (non-hydrogen) atoms. The van der Waals surface area contributed by atoms with E-state index in [9.17, 15) is 0 Å². The predicted octanol–water partition coefficient (Wildman–Crippen LogP) is 3.06. The van der Waals surface area contributed by atoms with Gasteiger partial charge in [-0.2, -0.15) is 0 Å². The summed E-state index contributed by atoms with van der Waals surface area (Å²) in [6.45, 7) is 10.9. The van der Waals surface area contributed by atoms with Gasteiger partial charge in [0.15, 0.2) is 0 Å². The van der Waals surface area contributed by atoms with Crippen molar-refractivity contribution >= 4 is 5.71 Å². The van der Waals surface area contributed by atoms with E-state index < -0.39 is 0 Å². The molecular formula is C15H24N2. The Morgan fingerprint density at radius 3 is 2.82 bits per heavy atom. The lowest BCUT2D eigenvalue weighted by molar-refractivity contribution is 0.224. The van der Waals surface area contributed by atoms with Gasteiger partial charge in [-0.05, 0) is 45.8 Å². The van der Waals surface area contributed by atoms with Crippen LogP contribution in [0, 0.1) is 5.92 Å². The molecule has 0 spiro atoms. The number of likely N-dealkylation sites (tertiary alicyclic amines) is 1. The van der Waals surface area contributed by atoms with E-state index in [1.807, 2.05) is 0 Å². The molecule has 0 aromatic heterocycles. The maximum absolute atomic E-state index is 4.63. The van der Waals surface area contributed by atoms with E-state index in [0.29, 0.717) is 18.0 Å². The normalized spacial score (nSPS) is 29.7. The molecule has 0 amide bonds. The third-order valence-electron chi connectivity index (χ3n) is 3.81. The third-order valence-corrected chi connectivity index (χ3v) is 3.81. The Morgan fingerprint density at radius 1 is 1.59 bits per heavy atom. The highest BCUT2D eigenvalue weighted by Gasteiger charge is 2.40. The third kappa shape index (κ3) is 2.37. The lowest BCUT2D eigenvalue weighted by Gasteiger charge is -2.29. The Morgan fingerprint density at radius 2 is 2.35 bits per heavy atom. The molecule has 2 nitrogen and oxygen atoms in total. The van der Waals surface area contributed by atoms with Crippen molar-refractivity contribution < 1.29 is 0 Å². The topological polar surface area (TPSA) is 15.6 Å². The Kier molecular flexibility index (Phi) is 3.82. The van der Waals surface area contributed by atoms with Crippen LogP contribution in [-0.4, -0.2) is 35.8 Å². The average molecular weight is 232 g/mol. The van der Waals surface area contributed by atoms with Crippen molar-refractivity contribution in [3.05, 3.63) is 23.8 Å². The number of aliphatic imine (C=N–C) groups is 1. The molecule has 0 saturated carbocycles. The summed E-state index contributed by atoms with van der Waals surface area (Å²) in [6, 6.07) is 1.32. The highest BCUT2D eigenvalue weighted by atomic mass is 15.2. The molecule has 2 atom stereocenters. The molecule has 1 aliphatic carbocycles. The molecule has 2 heteroatoms. The summed E-state index contributed by atoms with van der Waals surface area (Å²) in [5, 5.41) is 0. The van der Waals surface area contributed by atoms with Crippen LogP contribution in [0.3, 0.4) is 0 Å². The lowest BCUT2D eigenvalue weighted by atomic mass is 9.97. The lowest BCUT2D eigenvalue weighted by Crippen LogP contribution is -2.37. The van der Waals surface area contributed by atoms with Gasteiger partial charge >= 0.3 is 0 Å². The number of rotatable bonds is 4. The van der Waals surface area contributed by atoms with Gasteiger partial charge in [0.25, 0.3) is 0 Å². The van der Waals surface area contributed by atoms with Crippen LogP contribution in [0.25, 0.3) is 0 Å². The molecule has 2 bridgehead atoms. The van der Waals surface area contributed by atoms with Crippen LogP contribution in [0.15, 0.2) is 28.8 Å². The van der Waals surface area contributed by atoms with E-state index >= 15 is 0 Å². The van der Waals surface area contributed by atoms with Crippen LogP contribution >= 0.6 is 0 Å². The number of fused-ring (bicyclic) bond motifs is 2. The molecule has 0 N–H and O–H groups in total. The maximum Gasteiger partial charge on any atom is 0.0603 e. The van der Waals surface area contributed by atoms with E-state index in [0.717, 1.165) is 6.54 Å². The van der Waals surface area contributed by atoms with E-state index in [4.69, 9.17) is 0 Å². The summed E-state index contributed by atoms with van der Waals surface area (Å²) in [4.78, 5) is 7.23. The fraction of sp³-hybridized carbons (Fsp3) is 0.667. The molecule has 94 valence electrons. The van der Waals surface area contributed by atoms with Crippen molar-refractivity contribution in [3.63, 3.8) is 0 Å². The molecule has 2 aliphatic rings. The van der Waals surface area contributed by atoms with Crippen molar-refractivity contribution in [1.29, 1.82) is 0 Å². The van der Waals surface area contributed by atoms with Gasteiger partial charge in [0.2, 0.25) is 0 Å². The quantitative estimate of drug-likeness (QED) is 0.680. The molecule has 0 aromatic rings. The molecule has 2 rings (SSSR count). The van der Waals surface area contributed by atoms with Crippen molar-refractivity contribution in [1.82, 2.24) is 4.90 Å². The van der Waals surface area contributed by atoms with Crippen LogP contribution in [0.5, 0.6) is 0 Å². The number of allylic oxidation sites excluding steroid dienone is 2. The van der Waals surface area contributed by atoms with Crippen molar-refractivity contribution in [2.75, 3.05) is 13.1 Å². The molecule has 1 aliphatic heterocycles. The number of hydrogen-bond donors (Lipinski definition) is 0. The van der Waals surface area contributed by atoms with E-state index in [1.54, 1.807) is 0 Å². The SMILES string of the molecule is C/C=C\C(=NCC)C1=CC2CC1CN2C(C)C. The summed E-state index contributed by atoms with van der Waals surface area (Å²) in [6.07, 6.45) is 8.01. The molecule has 1 saturated heterocycles. The molecular weight excluding hydrogens is 208 g/mol. The van der Waals surface area contributed by atoms with E-state index in [2.05, 4.69) is 55.8 Å². The first-order valence-electron chi connectivity index (χ1n) is 6.82. The molecule has 0 radical (unpaired) electrons. The zero-order valence-electron chi connectivity index (χ0n) is 11.5. The van der Waals surface area contributed by atoms with Gasteiger partial charge in [0, 0.05) is 31.1 Å². The standard InChI is InChI=1S/C15H24N2/c1-5-7-15(16-6-2)14-9-13-8-12(14)10-17(13)11(3)4/h5,7,9,11-13H,6,8,10H2,1-4H3/b7-5-,16-15?. The van der Waals surface area contributed by atoms with Crippen LogP contribution < -0.4 is 0 Å². The van der Waals surface area contributed by atoms with Crippen molar-refractivity contribution in [2.24, 2.45) is 10.9 Å². The van der Waals surface area contributed by atoms with E-state index in [1.165, 1.54) is 24.3 Å². The first-order chi connectivity index (χ1) is 8.17. The smallest absolute Gasteiger partial charge is 0.0603 e. The highest BCUT2D eigenvalue weighted by Crippen LogP contribution is 2.39. The van der Waals surface area contributed by atoms with E-state index in [-0.39, 0.29) is 0 Å². The zero-order chi connectivity index (χ0) is 12.4. The average Bonchev–Trinajstić information content (AvgIpc) is 2.87. The second-order valence-electron chi connectivity index (χ2n) is 5.27. The molecule has 2 unspecified atom stereocenters. The largest absolute Gasteiger partial charge is 0.294 e. The number of hydrogen-bond acceptors (Lipinski definition) is 2.